The first-order valence-electron chi connectivity index (χ1n) is 5.00. The van der Waals surface area contributed by atoms with Crippen molar-refractivity contribution >= 4 is 6.21 Å². The molecule has 9 heteroatoms. The second-order valence-electron chi connectivity index (χ2n) is 3.43. The maximum absolute atomic E-state index is 11.7. The maximum atomic E-state index is 11.7. The van der Waals surface area contributed by atoms with Gasteiger partial charge in [0.05, 0.1) is 0 Å². The van der Waals surface area contributed by atoms with Crippen molar-refractivity contribution in [2.24, 2.45) is 24.2 Å². The molecular weight excluding hydrogens is 240 g/mol. The number of hydrogen-bond acceptors (Lipinski definition) is 5. The van der Waals surface area contributed by atoms with Gasteiger partial charge in [0.25, 0.3) is 5.56 Å². The van der Waals surface area contributed by atoms with Gasteiger partial charge in [0.1, 0.15) is 5.56 Å². The van der Waals surface area contributed by atoms with Gasteiger partial charge in [-0.1, -0.05) is 5.11 Å². The zero-order chi connectivity index (χ0) is 13.7. The van der Waals surface area contributed by atoms with Gasteiger partial charge in [0, 0.05) is 38.3 Å². The van der Waals surface area contributed by atoms with Crippen LogP contribution >= 0.6 is 0 Å². The number of azide groups is 1. The van der Waals surface area contributed by atoms with E-state index in [-0.39, 0.29) is 18.7 Å². The lowest BCUT2D eigenvalue weighted by Gasteiger charge is -2.06. The van der Waals surface area contributed by atoms with Crippen LogP contribution in [0.15, 0.2) is 19.7 Å². The average molecular weight is 252 g/mol. The Labute approximate surface area is 101 Å². The van der Waals surface area contributed by atoms with Crippen molar-refractivity contribution in [3.05, 3.63) is 36.8 Å². The van der Waals surface area contributed by atoms with Crippen LogP contribution in [0.3, 0.4) is 0 Å². The molecule has 0 fully saturated rings. The fraction of sp³-hybridized carbons (Fsp3) is 0.444. The topological polar surface area (TPSA) is 125 Å². The van der Waals surface area contributed by atoms with Gasteiger partial charge < -0.3 is 5.11 Å². The minimum Gasteiger partial charge on any atom is -0.494 e. The number of hydrogen-bond donors (Lipinski definition) is 1. The molecule has 0 unspecified atom stereocenters. The van der Waals surface area contributed by atoms with Crippen LogP contribution in [0.1, 0.15) is 5.56 Å². The van der Waals surface area contributed by atoms with Crippen LogP contribution in [0.5, 0.6) is 5.88 Å². The van der Waals surface area contributed by atoms with Crippen LogP contribution in [0.4, 0.5) is 0 Å². The van der Waals surface area contributed by atoms with Gasteiger partial charge in [0.2, 0.25) is 5.88 Å². The Balaban J connectivity index is 3.14. The molecule has 18 heavy (non-hydrogen) atoms. The molecule has 0 aliphatic carbocycles. The zero-order valence-corrected chi connectivity index (χ0v) is 9.94. The second-order valence-corrected chi connectivity index (χ2v) is 3.43. The summed E-state index contributed by atoms with van der Waals surface area (Å²) in [4.78, 5) is 29.5. The largest absolute Gasteiger partial charge is 0.494 e. The fourth-order valence-corrected chi connectivity index (χ4v) is 1.28. The van der Waals surface area contributed by atoms with Crippen molar-refractivity contribution in [3.8, 4) is 5.88 Å². The quantitative estimate of drug-likeness (QED) is 0.255. The molecule has 1 aromatic rings. The molecule has 0 bridgehead atoms. The number of aromatic hydroxyl groups is 1. The van der Waals surface area contributed by atoms with E-state index in [0.717, 1.165) is 15.3 Å². The summed E-state index contributed by atoms with van der Waals surface area (Å²) in [5, 5.41) is 12.9. The molecule has 0 amide bonds. The smallest absolute Gasteiger partial charge is 0.333 e. The van der Waals surface area contributed by atoms with Crippen molar-refractivity contribution in [2.75, 3.05) is 13.1 Å². The van der Waals surface area contributed by atoms with Gasteiger partial charge in [0.15, 0.2) is 0 Å². The van der Waals surface area contributed by atoms with E-state index in [0.29, 0.717) is 0 Å². The van der Waals surface area contributed by atoms with Gasteiger partial charge in [-0.05, 0) is 5.53 Å². The van der Waals surface area contributed by atoms with E-state index in [2.05, 4.69) is 15.0 Å². The van der Waals surface area contributed by atoms with E-state index in [1.165, 1.54) is 14.1 Å². The molecule has 0 saturated heterocycles. The molecule has 0 radical (unpaired) electrons. The van der Waals surface area contributed by atoms with Gasteiger partial charge in [-0.2, -0.15) is 0 Å². The summed E-state index contributed by atoms with van der Waals surface area (Å²) in [7, 11) is 2.65. The predicted molar refractivity (Wildman–Crippen MR) is 65.1 cm³/mol. The molecule has 1 N–H and O–H groups in total. The molecule has 1 aromatic heterocycles. The maximum Gasteiger partial charge on any atom is 0.333 e. The Morgan fingerprint density at radius 2 is 2.00 bits per heavy atom. The Bertz CT molecular complexity index is 635. The second kappa shape index (κ2) is 5.69. The average Bonchev–Trinajstić information content (AvgIpc) is 2.37. The highest BCUT2D eigenvalue weighted by Gasteiger charge is 2.12. The first kappa shape index (κ1) is 13.5. The lowest BCUT2D eigenvalue weighted by atomic mass is 10.3. The number of rotatable bonds is 4. The van der Waals surface area contributed by atoms with Crippen LogP contribution in [0.2, 0.25) is 0 Å². The fourth-order valence-electron chi connectivity index (χ4n) is 1.28. The molecule has 0 atom stereocenters. The minimum atomic E-state index is -0.636. The molecule has 0 aliphatic heterocycles. The van der Waals surface area contributed by atoms with Crippen LogP contribution in [-0.2, 0) is 14.1 Å². The van der Waals surface area contributed by atoms with E-state index in [1.54, 1.807) is 0 Å². The summed E-state index contributed by atoms with van der Waals surface area (Å²) in [5.41, 5.74) is 6.71. The molecule has 1 heterocycles. The van der Waals surface area contributed by atoms with Gasteiger partial charge in [-0.25, -0.2) is 4.79 Å². The summed E-state index contributed by atoms with van der Waals surface area (Å²) < 4.78 is 1.81. The summed E-state index contributed by atoms with van der Waals surface area (Å²) in [6.45, 7) is 0.343. The SMILES string of the molecule is Cn1c(O)c(C=NCCN=[N+]=[N-])c(=O)n(C)c1=O. The zero-order valence-electron chi connectivity index (χ0n) is 9.94. The summed E-state index contributed by atoms with van der Waals surface area (Å²) in [5.74, 6) is -0.448. The van der Waals surface area contributed by atoms with Gasteiger partial charge in [-0.15, -0.1) is 0 Å². The first-order chi connectivity index (χ1) is 8.50. The molecule has 96 valence electrons. The summed E-state index contributed by atoms with van der Waals surface area (Å²) in [6, 6.07) is 0. The van der Waals surface area contributed by atoms with Gasteiger partial charge >= 0.3 is 5.69 Å². The summed E-state index contributed by atoms with van der Waals surface area (Å²) >= 11 is 0. The normalized spacial score (nSPS) is 10.6. The Morgan fingerprint density at radius 3 is 2.61 bits per heavy atom. The number of aromatic nitrogens is 2. The van der Waals surface area contributed by atoms with E-state index in [9.17, 15) is 14.7 Å². The molecule has 0 saturated carbocycles. The Morgan fingerprint density at radius 1 is 1.33 bits per heavy atom. The lowest BCUT2D eigenvalue weighted by molar-refractivity contribution is 0.410. The third-order valence-electron chi connectivity index (χ3n) is 2.28. The molecule has 0 aliphatic rings. The highest BCUT2D eigenvalue weighted by Crippen LogP contribution is 2.05. The van der Waals surface area contributed by atoms with Crippen molar-refractivity contribution in [1.29, 1.82) is 0 Å². The molecule has 0 spiro atoms. The van der Waals surface area contributed by atoms with Crippen molar-refractivity contribution in [3.63, 3.8) is 0 Å². The Kier molecular flexibility index (Phi) is 4.27. The third kappa shape index (κ3) is 2.58. The molecule has 1 rings (SSSR count). The molecular formula is C9H12N6O3. The molecule has 9 nitrogen and oxygen atoms in total. The predicted octanol–water partition coefficient (Wildman–Crippen LogP) is -0.481. The van der Waals surface area contributed by atoms with E-state index >= 15 is 0 Å². The molecule has 0 aromatic carbocycles. The first-order valence-corrected chi connectivity index (χ1v) is 5.00. The highest BCUT2D eigenvalue weighted by atomic mass is 16.3. The standard InChI is InChI=1S/C9H12N6O3/c1-14-7(16)6(5-11-3-4-12-13-10)8(17)15(2)9(14)18/h5,16H,3-4H2,1-2H3. The minimum absolute atomic E-state index is 0.0828. The van der Waals surface area contributed by atoms with Crippen molar-refractivity contribution < 1.29 is 5.11 Å². The van der Waals surface area contributed by atoms with Gasteiger partial charge in [-0.3, -0.25) is 18.9 Å². The van der Waals surface area contributed by atoms with Crippen LogP contribution in [-0.4, -0.2) is 33.5 Å². The van der Waals surface area contributed by atoms with Crippen molar-refractivity contribution in [1.82, 2.24) is 9.13 Å². The van der Waals surface area contributed by atoms with Crippen LogP contribution in [0.25, 0.3) is 10.4 Å². The van der Waals surface area contributed by atoms with Crippen molar-refractivity contribution in [2.45, 2.75) is 0 Å². The third-order valence-corrected chi connectivity index (χ3v) is 2.28. The van der Waals surface area contributed by atoms with Crippen LogP contribution < -0.4 is 11.2 Å². The number of nitrogens with zero attached hydrogens (tertiary/aromatic N) is 6. The lowest BCUT2D eigenvalue weighted by Crippen LogP contribution is -2.38. The Hall–Kier alpha value is -2.54. The monoisotopic (exact) mass is 252 g/mol. The van der Waals surface area contributed by atoms with E-state index in [1.807, 2.05) is 0 Å². The van der Waals surface area contributed by atoms with E-state index < -0.39 is 17.1 Å². The van der Waals surface area contributed by atoms with E-state index in [4.69, 9.17) is 5.53 Å². The summed E-state index contributed by atoms with van der Waals surface area (Å²) in [6.07, 6.45) is 1.16. The highest BCUT2D eigenvalue weighted by molar-refractivity contribution is 5.81. The van der Waals surface area contributed by atoms with Crippen LogP contribution in [0, 0.1) is 0 Å². The number of aliphatic imine (C=N–C) groups is 1.